The maximum atomic E-state index is 13.6. The Balaban J connectivity index is 1.55. The van der Waals surface area contributed by atoms with Gasteiger partial charge in [0.25, 0.3) is 17.4 Å². The third-order valence-electron chi connectivity index (χ3n) is 6.79. The molecule has 0 spiro atoms. The maximum Gasteiger partial charge on any atom is 0.312 e. The van der Waals surface area contributed by atoms with Gasteiger partial charge in [0.05, 0.1) is 5.69 Å². The first-order valence-electron chi connectivity index (χ1n) is 12.5. The van der Waals surface area contributed by atoms with Crippen LogP contribution >= 0.6 is 0 Å². The largest absolute Gasteiger partial charge is 0.312 e. The SMILES string of the molecule is N#Cc1nc2c(nc1C#N)[N+](c1ccccc1)=C1N=C3C(=O)N(c4ccccc4)C(=O)C3=NC1N2c1ccccc1. The summed E-state index contributed by atoms with van der Waals surface area (Å²) in [5.41, 5.74) is 1.17. The summed E-state index contributed by atoms with van der Waals surface area (Å²) in [6.45, 7) is 0. The first-order chi connectivity index (χ1) is 20.1. The second kappa shape index (κ2) is 9.15. The first kappa shape index (κ1) is 23.8. The Kier molecular flexibility index (Phi) is 5.30. The fourth-order valence-electron chi connectivity index (χ4n) is 5.02. The van der Waals surface area contributed by atoms with E-state index in [1.54, 1.807) is 39.8 Å². The molecule has 0 radical (unpaired) electrons. The van der Waals surface area contributed by atoms with Gasteiger partial charge < -0.3 is 0 Å². The number of benzene rings is 3. The average Bonchev–Trinajstić information content (AvgIpc) is 3.27. The zero-order valence-electron chi connectivity index (χ0n) is 21.1. The quantitative estimate of drug-likeness (QED) is 0.290. The molecule has 4 heterocycles. The minimum absolute atomic E-state index is 0.0768. The average molecular weight is 535 g/mol. The fraction of sp³-hybridized carbons (Fsp3) is 0.0333. The molecular weight excluding hydrogens is 518 g/mol. The number of hydrogen-bond acceptors (Lipinski definition) is 9. The summed E-state index contributed by atoms with van der Waals surface area (Å²) in [6, 6.07) is 30.8. The van der Waals surface area contributed by atoms with E-state index in [0.717, 1.165) is 4.90 Å². The highest BCUT2D eigenvalue weighted by Crippen LogP contribution is 2.41. The van der Waals surface area contributed by atoms with Crippen molar-refractivity contribution in [1.29, 1.82) is 10.5 Å². The van der Waals surface area contributed by atoms with Gasteiger partial charge in [-0.1, -0.05) is 64.6 Å². The monoisotopic (exact) mass is 534 g/mol. The molecule has 3 aromatic carbocycles. The van der Waals surface area contributed by atoms with Gasteiger partial charge in [-0.2, -0.15) is 15.1 Å². The van der Waals surface area contributed by atoms with Crippen LogP contribution in [0.4, 0.5) is 28.7 Å². The normalized spacial score (nSPS) is 17.2. The molecule has 11 heteroatoms. The number of nitriles is 2. The number of rotatable bonds is 3. The van der Waals surface area contributed by atoms with Gasteiger partial charge in [0.15, 0.2) is 11.4 Å². The minimum Gasteiger partial charge on any atom is -0.288 e. The van der Waals surface area contributed by atoms with Crippen molar-refractivity contribution in [1.82, 2.24) is 14.5 Å². The lowest BCUT2D eigenvalue weighted by atomic mass is 10.1. The summed E-state index contributed by atoms with van der Waals surface area (Å²) in [7, 11) is 0. The van der Waals surface area contributed by atoms with Crippen molar-refractivity contribution in [3.05, 3.63) is 102 Å². The third kappa shape index (κ3) is 3.54. The number of nitrogens with zero attached hydrogens (tertiary/aromatic N) is 9. The van der Waals surface area contributed by atoms with Gasteiger partial charge >= 0.3 is 11.7 Å². The van der Waals surface area contributed by atoms with Crippen molar-refractivity contribution in [2.24, 2.45) is 9.98 Å². The summed E-state index contributed by atoms with van der Waals surface area (Å²) < 4.78 is 1.66. The van der Waals surface area contributed by atoms with Crippen LogP contribution in [0.2, 0.25) is 0 Å². The van der Waals surface area contributed by atoms with Gasteiger partial charge in [-0.3, -0.25) is 14.5 Å². The number of aliphatic imine (C=N–C) groups is 2. The number of amidine groups is 1. The van der Waals surface area contributed by atoms with E-state index in [4.69, 9.17) is 9.98 Å². The molecule has 1 atom stereocenters. The topological polar surface area (TPSA) is 142 Å². The van der Waals surface area contributed by atoms with Gasteiger partial charge in [-0.05, 0) is 36.4 Å². The summed E-state index contributed by atoms with van der Waals surface area (Å²) in [5, 5.41) is 19.5. The van der Waals surface area contributed by atoms with E-state index < -0.39 is 18.0 Å². The van der Waals surface area contributed by atoms with Crippen LogP contribution in [-0.4, -0.2) is 45.2 Å². The highest BCUT2D eigenvalue weighted by Gasteiger charge is 2.53. The number of para-hydroxylation sites is 3. The first-order valence-corrected chi connectivity index (χ1v) is 12.5. The second-order valence-electron chi connectivity index (χ2n) is 9.12. The van der Waals surface area contributed by atoms with Gasteiger partial charge in [0.2, 0.25) is 17.7 Å². The highest BCUT2D eigenvalue weighted by atomic mass is 16.2. The second-order valence-corrected chi connectivity index (χ2v) is 9.12. The Morgan fingerprint density at radius 1 is 0.707 bits per heavy atom. The Morgan fingerprint density at radius 2 is 1.27 bits per heavy atom. The number of amides is 2. The molecule has 192 valence electrons. The molecule has 3 aliphatic heterocycles. The van der Waals surface area contributed by atoms with Gasteiger partial charge in [-0.15, -0.1) is 0 Å². The molecule has 1 fully saturated rings. The molecule has 4 aromatic rings. The molecule has 11 nitrogen and oxygen atoms in total. The lowest BCUT2D eigenvalue weighted by molar-refractivity contribution is -0.118. The summed E-state index contributed by atoms with van der Waals surface area (Å²) in [6.07, 6.45) is -0.954. The van der Waals surface area contributed by atoms with Crippen LogP contribution in [0.15, 0.2) is 101 Å². The summed E-state index contributed by atoms with van der Waals surface area (Å²) >= 11 is 0. The van der Waals surface area contributed by atoms with E-state index in [9.17, 15) is 20.1 Å². The third-order valence-corrected chi connectivity index (χ3v) is 6.79. The number of carbonyl (C=O) groups is 2. The zero-order valence-corrected chi connectivity index (χ0v) is 21.1. The molecule has 1 aromatic heterocycles. The number of fused-ring (bicyclic) bond motifs is 3. The zero-order chi connectivity index (χ0) is 28.1. The molecular formula is C30H16N9O2+. The van der Waals surface area contributed by atoms with Crippen LogP contribution in [0.3, 0.4) is 0 Å². The predicted octanol–water partition coefficient (Wildman–Crippen LogP) is 3.40. The summed E-state index contributed by atoms with van der Waals surface area (Å²) in [4.78, 5) is 48.6. The van der Waals surface area contributed by atoms with Crippen molar-refractivity contribution in [3.8, 4) is 12.1 Å². The maximum absolute atomic E-state index is 13.6. The highest BCUT2D eigenvalue weighted by molar-refractivity contribution is 6.92. The Bertz CT molecular complexity index is 1950. The molecule has 0 bridgehead atoms. The van der Waals surface area contributed by atoms with Crippen LogP contribution in [0.5, 0.6) is 0 Å². The van der Waals surface area contributed by atoms with E-state index in [1.165, 1.54) is 0 Å². The smallest absolute Gasteiger partial charge is 0.288 e. The number of imide groups is 1. The lowest BCUT2D eigenvalue weighted by Gasteiger charge is -2.34. The fourth-order valence-corrected chi connectivity index (χ4v) is 5.02. The molecule has 1 saturated heterocycles. The molecule has 1 unspecified atom stereocenters. The molecule has 0 saturated carbocycles. The number of hydrogen-bond donors (Lipinski definition) is 0. The standard InChI is InChI=1S/C30H16N9O2/c31-16-21-22(17-32)34-26-25(33-21)37(18-10-4-1-5-11-18)27-28(38(26)19-12-6-2-7-13-19)36-24-23(35-27)29(40)39(30(24)41)20-14-8-3-9-15-20/h1-15,27H/q+1. The number of anilines is 3. The van der Waals surface area contributed by atoms with Crippen LogP contribution in [-0.2, 0) is 9.59 Å². The van der Waals surface area contributed by atoms with Crippen molar-refractivity contribution in [2.75, 3.05) is 9.80 Å². The Labute approximate surface area is 232 Å². The van der Waals surface area contributed by atoms with Gasteiger partial charge in [0, 0.05) is 5.69 Å². The summed E-state index contributed by atoms with van der Waals surface area (Å²) in [5.74, 6) is -0.442. The minimum atomic E-state index is -0.954. The molecule has 3 aliphatic rings. The van der Waals surface area contributed by atoms with Crippen LogP contribution in [0.25, 0.3) is 0 Å². The predicted molar refractivity (Wildman–Crippen MR) is 151 cm³/mol. The van der Waals surface area contributed by atoms with Crippen LogP contribution < -0.4 is 14.4 Å². The van der Waals surface area contributed by atoms with E-state index in [0.29, 0.717) is 17.1 Å². The van der Waals surface area contributed by atoms with E-state index >= 15 is 0 Å². The van der Waals surface area contributed by atoms with Crippen LogP contribution in [0, 0.1) is 22.7 Å². The van der Waals surface area contributed by atoms with Crippen molar-refractivity contribution >= 4 is 57.8 Å². The Morgan fingerprint density at radius 3 is 1.90 bits per heavy atom. The van der Waals surface area contributed by atoms with Crippen molar-refractivity contribution in [2.45, 2.75) is 6.17 Å². The molecule has 0 N–H and O–H groups in total. The van der Waals surface area contributed by atoms with Gasteiger partial charge in [-0.25, -0.2) is 14.9 Å². The van der Waals surface area contributed by atoms with Crippen molar-refractivity contribution in [3.63, 3.8) is 0 Å². The molecule has 7 rings (SSSR count). The molecule has 2 amide bonds. The molecule has 0 aliphatic carbocycles. The number of carbonyl (C=O) groups excluding carboxylic acids is 2. The van der Waals surface area contributed by atoms with E-state index in [2.05, 4.69) is 9.97 Å². The Hall–Kier alpha value is -6.33. The molecule has 41 heavy (non-hydrogen) atoms. The number of aromatic nitrogens is 2. The van der Waals surface area contributed by atoms with Gasteiger partial charge in [0.1, 0.15) is 17.8 Å². The van der Waals surface area contributed by atoms with E-state index in [1.807, 2.05) is 72.8 Å². The van der Waals surface area contributed by atoms with E-state index in [-0.39, 0.29) is 40.3 Å². The van der Waals surface area contributed by atoms with Crippen molar-refractivity contribution < 1.29 is 9.59 Å². The lowest BCUT2D eigenvalue weighted by Crippen LogP contribution is -2.49. The van der Waals surface area contributed by atoms with Crippen LogP contribution in [0.1, 0.15) is 11.4 Å².